The Bertz CT molecular complexity index is 213. The van der Waals surface area contributed by atoms with Gasteiger partial charge in [0.25, 0.3) is 0 Å². The number of nitriles is 1. The summed E-state index contributed by atoms with van der Waals surface area (Å²) in [6.07, 6.45) is 4.42. The molecule has 3 nitrogen and oxygen atoms in total. The molecule has 0 radical (unpaired) electrons. The van der Waals surface area contributed by atoms with Gasteiger partial charge in [0.1, 0.15) is 11.6 Å². The molecule has 0 rings (SSSR count). The number of nitrogens with zero attached hydrogens (tertiary/aromatic N) is 1. The maximum absolute atomic E-state index is 10.8. The number of hydrogen-bond donors (Lipinski definition) is 0. The van der Waals surface area contributed by atoms with Gasteiger partial charge in [-0.15, -0.1) is 0 Å². The van der Waals surface area contributed by atoms with Crippen LogP contribution in [0.4, 0.5) is 0 Å². The lowest BCUT2D eigenvalue weighted by Gasteiger charge is -1.95. The van der Waals surface area contributed by atoms with Gasteiger partial charge in [-0.3, -0.25) is 0 Å². The number of rotatable bonds is 4. The van der Waals surface area contributed by atoms with Crippen LogP contribution in [0.25, 0.3) is 0 Å². The van der Waals surface area contributed by atoms with Gasteiger partial charge in [0.2, 0.25) is 0 Å². The van der Waals surface area contributed by atoms with E-state index in [0.717, 1.165) is 19.3 Å². The smallest absolute Gasteiger partial charge is 0.348 e. The molecule has 0 N–H and O–H groups in total. The number of methoxy groups -OCH3 is 1. The number of esters is 1. The summed E-state index contributed by atoms with van der Waals surface area (Å²) >= 11 is 0. The van der Waals surface area contributed by atoms with Crippen molar-refractivity contribution in [1.29, 1.82) is 5.26 Å². The van der Waals surface area contributed by atoms with Crippen molar-refractivity contribution < 1.29 is 9.53 Å². The molecule has 0 aliphatic heterocycles. The second-order valence-corrected chi connectivity index (χ2v) is 2.36. The van der Waals surface area contributed by atoms with E-state index in [9.17, 15) is 4.79 Å². The van der Waals surface area contributed by atoms with Gasteiger partial charge in [-0.05, 0) is 6.42 Å². The van der Waals surface area contributed by atoms with Crippen molar-refractivity contribution in [3.8, 4) is 6.07 Å². The minimum absolute atomic E-state index is 0.103. The highest BCUT2D eigenvalue weighted by Gasteiger charge is 2.06. The second-order valence-electron chi connectivity index (χ2n) is 2.36. The van der Waals surface area contributed by atoms with Crippen molar-refractivity contribution in [2.24, 2.45) is 0 Å². The third kappa shape index (κ3) is 3.77. The Balaban J connectivity index is 4.07. The highest BCUT2D eigenvalue weighted by molar-refractivity contribution is 5.92. The van der Waals surface area contributed by atoms with Crippen molar-refractivity contribution in [3.05, 3.63) is 11.6 Å². The second kappa shape index (κ2) is 6.41. The largest absolute Gasteiger partial charge is 0.465 e. The maximum Gasteiger partial charge on any atom is 0.348 e. The van der Waals surface area contributed by atoms with E-state index < -0.39 is 5.97 Å². The molecular weight excluding hydrogens is 154 g/mol. The zero-order chi connectivity index (χ0) is 9.40. The van der Waals surface area contributed by atoms with Crippen LogP contribution in [0, 0.1) is 11.3 Å². The molecule has 3 heteroatoms. The molecule has 0 aromatic rings. The molecule has 0 saturated carbocycles. The summed E-state index contributed by atoms with van der Waals surface area (Å²) in [4.78, 5) is 10.8. The summed E-state index contributed by atoms with van der Waals surface area (Å²) < 4.78 is 4.40. The molecule has 0 aromatic carbocycles. The minimum atomic E-state index is -0.548. The number of hydrogen-bond acceptors (Lipinski definition) is 3. The molecule has 0 spiro atoms. The van der Waals surface area contributed by atoms with E-state index in [0.29, 0.717) is 0 Å². The third-order valence-corrected chi connectivity index (χ3v) is 1.43. The summed E-state index contributed by atoms with van der Waals surface area (Å²) in [6, 6.07) is 1.80. The molecule has 0 atom stereocenters. The van der Waals surface area contributed by atoms with E-state index in [2.05, 4.69) is 11.7 Å². The zero-order valence-electron chi connectivity index (χ0n) is 7.46. The quantitative estimate of drug-likeness (QED) is 0.277. The number of carbonyl (C=O) groups excluding carboxylic acids is 1. The number of carbonyl (C=O) groups is 1. The van der Waals surface area contributed by atoms with E-state index in [-0.39, 0.29) is 5.57 Å². The number of allylic oxidation sites excluding steroid dienone is 1. The Kier molecular flexibility index (Phi) is 5.72. The summed E-state index contributed by atoms with van der Waals surface area (Å²) in [5, 5.41) is 8.51. The summed E-state index contributed by atoms with van der Waals surface area (Å²) in [5.74, 6) is -0.548. The Morgan fingerprint density at radius 1 is 1.67 bits per heavy atom. The van der Waals surface area contributed by atoms with Crippen molar-refractivity contribution in [2.45, 2.75) is 26.2 Å². The molecule has 0 unspecified atom stereocenters. The highest BCUT2D eigenvalue weighted by Crippen LogP contribution is 2.01. The average molecular weight is 167 g/mol. The molecule has 0 aliphatic rings. The van der Waals surface area contributed by atoms with Gasteiger partial charge in [-0.25, -0.2) is 4.79 Å². The van der Waals surface area contributed by atoms with Crippen LogP contribution in [0.2, 0.25) is 0 Å². The van der Waals surface area contributed by atoms with Crippen molar-refractivity contribution >= 4 is 5.97 Å². The molecule has 0 aliphatic carbocycles. The van der Waals surface area contributed by atoms with Gasteiger partial charge < -0.3 is 4.74 Å². The lowest BCUT2D eigenvalue weighted by Crippen LogP contribution is -2.02. The van der Waals surface area contributed by atoms with Crippen molar-refractivity contribution in [1.82, 2.24) is 0 Å². The lowest BCUT2D eigenvalue weighted by molar-refractivity contribution is -0.135. The predicted octanol–water partition coefficient (Wildman–Crippen LogP) is 1.80. The molecule has 0 bridgehead atoms. The summed E-state index contributed by atoms with van der Waals surface area (Å²) in [7, 11) is 1.27. The first-order chi connectivity index (χ1) is 5.76. The molecule has 66 valence electrons. The number of ether oxygens (including phenoxy) is 1. The van der Waals surface area contributed by atoms with Gasteiger partial charge in [-0.1, -0.05) is 25.8 Å². The SMILES string of the molecule is CCCCC=C(C#N)C(=O)OC. The van der Waals surface area contributed by atoms with Gasteiger partial charge in [-0.2, -0.15) is 5.26 Å². The van der Waals surface area contributed by atoms with Crippen LogP contribution < -0.4 is 0 Å². The van der Waals surface area contributed by atoms with Crippen LogP contribution in [-0.4, -0.2) is 13.1 Å². The van der Waals surface area contributed by atoms with Crippen LogP contribution in [0.3, 0.4) is 0 Å². The fourth-order valence-electron chi connectivity index (χ4n) is 0.735. The molecule has 0 fully saturated rings. The standard InChI is InChI=1S/C9H13NO2/c1-3-4-5-6-8(7-10)9(11)12-2/h6H,3-5H2,1-2H3. The first kappa shape index (κ1) is 10.7. The van der Waals surface area contributed by atoms with E-state index in [1.165, 1.54) is 7.11 Å². The average Bonchev–Trinajstić information content (AvgIpc) is 2.11. The van der Waals surface area contributed by atoms with E-state index in [4.69, 9.17) is 5.26 Å². The predicted molar refractivity (Wildman–Crippen MR) is 45.2 cm³/mol. The van der Waals surface area contributed by atoms with Gasteiger partial charge in [0.05, 0.1) is 7.11 Å². The topological polar surface area (TPSA) is 50.1 Å². The maximum atomic E-state index is 10.8. The lowest BCUT2D eigenvalue weighted by atomic mass is 10.2. The molecule has 0 heterocycles. The van der Waals surface area contributed by atoms with Crippen LogP contribution in [0.1, 0.15) is 26.2 Å². The van der Waals surface area contributed by atoms with Crippen LogP contribution in [0.5, 0.6) is 0 Å². The van der Waals surface area contributed by atoms with Gasteiger partial charge >= 0.3 is 5.97 Å². The molecule has 0 aromatic heterocycles. The van der Waals surface area contributed by atoms with Crippen molar-refractivity contribution in [3.63, 3.8) is 0 Å². The first-order valence-electron chi connectivity index (χ1n) is 3.94. The Morgan fingerprint density at radius 2 is 2.33 bits per heavy atom. The zero-order valence-corrected chi connectivity index (χ0v) is 7.46. The monoisotopic (exact) mass is 167 g/mol. The Labute approximate surface area is 72.6 Å². The fraction of sp³-hybridized carbons (Fsp3) is 0.556. The van der Waals surface area contributed by atoms with Crippen LogP contribution >= 0.6 is 0 Å². The number of unbranched alkanes of at least 4 members (excludes halogenated alkanes) is 2. The Morgan fingerprint density at radius 3 is 2.75 bits per heavy atom. The molecule has 12 heavy (non-hydrogen) atoms. The van der Waals surface area contributed by atoms with Crippen molar-refractivity contribution in [2.75, 3.05) is 7.11 Å². The molecular formula is C9H13NO2. The minimum Gasteiger partial charge on any atom is -0.465 e. The van der Waals surface area contributed by atoms with E-state index >= 15 is 0 Å². The van der Waals surface area contributed by atoms with Gasteiger partial charge in [0, 0.05) is 0 Å². The van der Waals surface area contributed by atoms with Gasteiger partial charge in [0.15, 0.2) is 0 Å². The van der Waals surface area contributed by atoms with E-state index in [1.807, 2.05) is 0 Å². The first-order valence-corrected chi connectivity index (χ1v) is 3.94. The third-order valence-electron chi connectivity index (χ3n) is 1.43. The summed E-state index contributed by atoms with van der Waals surface area (Å²) in [6.45, 7) is 2.05. The Hall–Kier alpha value is -1.30. The highest BCUT2D eigenvalue weighted by atomic mass is 16.5. The summed E-state index contributed by atoms with van der Waals surface area (Å²) in [5.41, 5.74) is 0.103. The van der Waals surface area contributed by atoms with Crippen LogP contribution in [0.15, 0.2) is 11.6 Å². The normalized spacial score (nSPS) is 10.6. The molecule has 0 saturated heterocycles. The molecule has 0 amide bonds. The van der Waals surface area contributed by atoms with E-state index in [1.54, 1.807) is 12.1 Å². The van der Waals surface area contributed by atoms with Crippen LogP contribution in [-0.2, 0) is 9.53 Å². The fourth-order valence-corrected chi connectivity index (χ4v) is 0.735.